The quantitative estimate of drug-likeness (QED) is 0.894. The summed E-state index contributed by atoms with van der Waals surface area (Å²) < 4.78 is 5.87. The summed E-state index contributed by atoms with van der Waals surface area (Å²) in [5.74, 6) is 2.01. The Morgan fingerprint density at radius 2 is 2.10 bits per heavy atom. The lowest BCUT2D eigenvalue weighted by molar-refractivity contribution is 0.200. The van der Waals surface area contributed by atoms with Gasteiger partial charge in [-0.2, -0.15) is 0 Å². The molecule has 1 N–H and O–H groups in total. The van der Waals surface area contributed by atoms with Crippen molar-refractivity contribution in [2.75, 3.05) is 32.8 Å². The summed E-state index contributed by atoms with van der Waals surface area (Å²) in [6.07, 6.45) is 4.23. The highest BCUT2D eigenvalue weighted by Crippen LogP contribution is 2.58. The zero-order valence-corrected chi connectivity index (χ0v) is 12.1. The number of hydrogen-bond donors (Lipinski definition) is 1. The lowest BCUT2D eigenvalue weighted by atomic mass is 9.92. The second kappa shape index (κ2) is 5.05. The highest BCUT2D eigenvalue weighted by Gasteiger charge is 2.53. The van der Waals surface area contributed by atoms with E-state index >= 15 is 0 Å². The minimum absolute atomic E-state index is 0.692. The van der Waals surface area contributed by atoms with Gasteiger partial charge in [0, 0.05) is 25.2 Å². The summed E-state index contributed by atoms with van der Waals surface area (Å²) in [7, 11) is 0. The van der Waals surface area contributed by atoms with Crippen molar-refractivity contribution in [1.29, 1.82) is 0 Å². The molecule has 1 spiro atoms. The van der Waals surface area contributed by atoms with Crippen LogP contribution in [0.3, 0.4) is 0 Å². The van der Waals surface area contributed by atoms with Gasteiger partial charge in [0.25, 0.3) is 0 Å². The van der Waals surface area contributed by atoms with Gasteiger partial charge in [0.2, 0.25) is 0 Å². The Morgan fingerprint density at radius 3 is 3.00 bits per heavy atom. The third kappa shape index (κ3) is 2.33. The third-order valence-corrected chi connectivity index (χ3v) is 5.47. The molecule has 1 saturated heterocycles. The molecular weight excluding hydrogens is 248 g/mol. The molecule has 3 nitrogen and oxygen atoms in total. The van der Waals surface area contributed by atoms with Gasteiger partial charge in [0.1, 0.15) is 12.4 Å². The summed E-state index contributed by atoms with van der Waals surface area (Å²) >= 11 is 0. The molecule has 1 aromatic carbocycles. The first kappa shape index (κ1) is 12.7. The second-order valence-electron chi connectivity index (χ2n) is 6.70. The highest BCUT2D eigenvalue weighted by atomic mass is 16.5. The van der Waals surface area contributed by atoms with Gasteiger partial charge in [-0.05, 0) is 49.8 Å². The maximum absolute atomic E-state index is 5.87. The normalized spacial score (nSPS) is 28.5. The van der Waals surface area contributed by atoms with Crippen LogP contribution < -0.4 is 10.1 Å². The molecule has 2 heterocycles. The van der Waals surface area contributed by atoms with Crippen molar-refractivity contribution < 1.29 is 4.74 Å². The third-order valence-electron chi connectivity index (χ3n) is 5.47. The Kier molecular flexibility index (Phi) is 3.20. The maximum Gasteiger partial charge on any atom is 0.123 e. The minimum Gasteiger partial charge on any atom is -0.492 e. The summed E-state index contributed by atoms with van der Waals surface area (Å²) in [5, 5.41) is 3.49. The largest absolute Gasteiger partial charge is 0.492 e. The SMILES string of the molecule is c1ccc2c(c1)CN(CC1CC13CCNCC3)CCO2. The van der Waals surface area contributed by atoms with E-state index in [4.69, 9.17) is 4.74 Å². The maximum atomic E-state index is 5.87. The van der Waals surface area contributed by atoms with Crippen molar-refractivity contribution >= 4 is 0 Å². The van der Waals surface area contributed by atoms with Gasteiger partial charge in [-0.15, -0.1) is 0 Å². The van der Waals surface area contributed by atoms with E-state index in [9.17, 15) is 0 Å². The molecule has 1 aromatic rings. The van der Waals surface area contributed by atoms with Crippen molar-refractivity contribution in [3.8, 4) is 5.75 Å². The van der Waals surface area contributed by atoms with Crippen LogP contribution in [0.4, 0.5) is 0 Å². The number of rotatable bonds is 2. The summed E-state index contributed by atoms with van der Waals surface area (Å²) in [5.41, 5.74) is 2.04. The zero-order valence-electron chi connectivity index (χ0n) is 12.1. The van der Waals surface area contributed by atoms with E-state index in [1.807, 2.05) is 0 Å². The fourth-order valence-electron chi connectivity index (χ4n) is 4.07. The fraction of sp³-hybridized carbons (Fsp3) is 0.647. The molecule has 0 bridgehead atoms. The van der Waals surface area contributed by atoms with Crippen LogP contribution in [0.2, 0.25) is 0 Å². The Bertz CT molecular complexity index is 482. The predicted molar refractivity (Wildman–Crippen MR) is 79.9 cm³/mol. The lowest BCUT2D eigenvalue weighted by Gasteiger charge is -2.26. The molecule has 0 amide bonds. The number of nitrogens with one attached hydrogen (secondary N) is 1. The molecular formula is C17H24N2O. The van der Waals surface area contributed by atoms with Crippen molar-refractivity contribution in [3.05, 3.63) is 29.8 Å². The monoisotopic (exact) mass is 272 g/mol. The molecule has 1 aliphatic carbocycles. The van der Waals surface area contributed by atoms with Gasteiger partial charge in [0.05, 0.1) is 0 Å². The summed E-state index contributed by atoms with van der Waals surface area (Å²) in [4.78, 5) is 2.60. The zero-order chi connectivity index (χ0) is 13.4. The van der Waals surface area contributed by atoms with Crippen molar-refractivity contribution in [2.45, 2.75) is 25.8 Å². The molecule has 2 aliphatic heterocycles. The van der Waals surface area contributed by atoms with E-state index in [0.29, 0.717) is 5.41 Å². The van der Waals surface area contributed by atoms with Gasteiger partial charge >= 0.3 is 0 Å². The standard InChI is InChI=1S/C17H24N2O/c1-2-4-16-14(3-1)12-19(9-10-20-16)13-15-11-17(15)5-7-18-8-6-17/h1-4,15,18H,5-13H2. The van der Waals surface area contributed by atoms with Crippen LogP contribution >= 0.6 is 0 Å². The lowest BCUT2D eigenvalue weighted by Crippen LogP contribution is -2.33. The van der Waals surface area contributed by atoms with Crippen LogP contribution in [0.1, 0.15) is 24.8 Å². The molecule has 1 unspecified atom stereocenters. The topological polar surface area (TPSA) is 24.5 Å². The first-order chi connectivity index (χ1) is 9.86. The van der Waals surface area contributed by atoms with E-state index in [1.165, 1.54) is 44.5 Å². The molecule has 4 rings (SSSR count). The van der Waals surface area contributed by atoms with Gasteiger partial charge in [0.15, 0.2) is 0 Å². The highest BCUT2D eigenvalue weighted by molar-refractivity contribution is 5.33. The van der Waals surface area contributed by atoms with Crippen LogP contribution in [0.5, 0.6) is 5.75 Å². The smallest absolute Gasteiger partial charge is 0.123 e. The number of nitrogens with zero attached hydrogens (tertiary/aromatic N) is 1. The summed E-state index contributed by atoms with van der Waals surface area (Å²) in [6.45, 7) is 6.67. The van der Waals surface area contributed by atoms with Gasteiger partial charge in [-0.1, -0.05) is 18.2 Å². The molecule has 1 atom stereocenters. The average Bonchev–Trinajstić information content (AvgIpc) is 3.17. The van der Waals surface area contributed by atoms with E-state index in [-0.39, 0.29) is 0 Å². The molecule has 0 aromatic heterocycles. The van der Waals surface area contributed by atoms with Gasteiger partial charge < -0.3 is 10.1 Å². The Morgan fingerprint density at radius 1 is 1.25 bits per heavy atom. The molecule has 1 saturated carbocycles. The van der Waals surface area contributed by atoms with Crippen LogP contribution in [0.15, 0.2) is 24.3 Å². The van der Waals surface area contributed by atoms with E-state index in [0.717, 1.165) is 31.4 Å². The van der Waals surface area contributed by atoms with E-state index in [2.05, 4.69) is 34.5 Å². The van der Waals surface area contributed by atoms with Crippen molar-refractivity contribution in [2.24, 2.45) is 11.3 Å². The number of ether oxygens (including phenoxy) is 1. The first-order valence-electron chi connectivity index (χ1n) is 8.00. The predicted octanol–water partition coefficient (Wildman–Crippen LogP) is 2.27. The molecule has 20 heavy (non-hydrogen) atoms. The number of piperidine rings is 1. The van der Waals surface area contributed by atoms with Crippen molar-refractivity contribution in [1.82, 2.24) is 10.2 Å². The number of para-hydroxylation sites is 1. The first-order valence-corrected chi connectivity index (χ1v) is 8.00. The van der Waals surface area contributed by atoms with Gasteiger partial charge in [-0.3, -0.25) is 4.90 Å². The minimum atomic E-state index is 0.692. The molecule has 0 radical (unpaired) electrons. The molecule has 3 aliphatic rings. The van der Waals surface area contributed by atoms with Crippen LogP contribution in [0.25, 0.3) is 0 Å². The van der Waals surface area contributed by atoms with Crippen LogP contribution in [-0.2, 0) is 6.54 Å². The molecule has 2 fully saturated rings. The second-order valence-corrected chi connectivity index (χ2v) is 6.70. The van der Waals surface area contributed by atoms with Crippen LogP contribution in [-0.4, -0.2) is 37.7 Å². The number of hydrogen-bond acceptors (Lipinski definition) is 3. The fourth-order valence-corrected chi connectivity index (χ4v) is 4.07. The van der Waals surface area contributed by atoms with E-state index in [1.54, 1.807) is 0 Å². The summed E-state index contributed by atoms with van der Waals surface area (Å²) in [6, 6.07) is 8.50. The van der Waals surface area contributed by atoms with Gasteiger partial charge in [-0.25, -0.2) is 0 Å². The number of fused-ring (bicyclic) bond motifs is 1. The Labute approximate surface area is 121 Å². The molecule has 3 heteroatoms. The van der Waals surface area contributed by atoms with Crippen LogP contribution in [0, 0.1) is 11.3 Å². The average molecular weight is 272 g/mol. The van der Waals surface area contributed by atoms with E-state index < -0.39 is 0 Å². The molecule has 108 valence electrons. The number of benzene rings is 1. The Balaban J connectivity index is 1.41. The van der Waals surface area contributed by atoms with Crippen molar-refractivity contribution in [3.63, 3.8) is 0 Å². The Hall–Kier alpha value is -1.06.